The van der Waals surface area contributed by atoms with Crippen molar-refractivity contribution in [1.29, 1.82) is 5.26 Å². The van der Waals surface area contributed by atoms with Gasteiger partial charge in [0.15, 0.2) is 11.4 Å². The smallest absolute Gasteiger partial charge is 0.271 e. The van der Waals surface area contributed by atoms with E-state index in [4.69, 9.17) is 5.26 Å². The van der Waals surface area contributed by atoms with E-state index in [9.17, 15) is 18.9 Å². The van der Waals surface area contributed by atoms with Gasteiger partial charge in [0.1, 0.15) is 0 Å². The van der Waals surface area contributed by atoms with Crippen molar-refractivity contribution >= 4 is 28.3 Å². The zero-order valence-electron chi connectivity index (χ0n) is 8.98. The third-order valence-electron chi connectivity index (χ3n) is 1.77. The fourth-order valence-corrected chi connectivity index (χ4v) is 1.43. The van der Waals surface area contributed by atoms with Crippen molar-refractivity contribution in [3.63, 3.8) is 0 Å². The molecular weight excluding hydrogens is 266 g/mol. The van der Waals surface area contributed by atoms with Gasteiger partial charge < -0.3 is 0 Å². The van der Waals surface area contributed by atoms with Gasteiger partial charge in [-0.15, -0.1) is 0 Å². The zero-order valence-corrected chi connectivity index (χ0v) is 9.79. The van der Waals surface area contributed by atoms with Crippen molar-refractivity contribution in [1.82, 2.24) is 5.32 Å². The number of halogens is 2. The first kappa shape index (κ1) is 13.9. The number of nitro groups is 1. The summed E-state index contributed by atoms with van der Waals surface area (Å²) in [6, 6.07) is 1.44. The summed E-state index contributed by atoms with van der Waals surface area (Å²) < 4.78 is 26.5. The third-order valence-corrected chi connectivity index (χ3v) is 2.35. The molecule has 0 bridgehead atoms. The molecule has 6 nitrogen and oxygen atoms in total. The van der Waals surface area contributed by atoms with Crippen molar-refractivity contribution in [3.8, 4) is 6.19 Å². The van der Waals surface area contributed by atoms with Crippen molar-refractivity contribution in [2.24, 2.45) is 4.99 Å². The maximum Gasteiger partial charge on any atom is 0.340 e. The molecule has 0 fully saturated rings. The van der Waals surface area contributed by atoms with E-state index in [2.05, 4.69) is 10.3 Å². The number of hydrogen-bond acceptors (Lipinski definition) is 5. The number of thioether (sulfide) groups is 1. The van der Waals surface area contributed by atoms with Gasteiger partial charge in [0.2, 0.25) is 11.6 Å². The molecule has 0 aliphatic rings. The largest absolute Gasteiger partial charge is 0.340 e. The Hall–Kier alpha value is -2.21. The minimum atomic E-state index is -1.32. The predicted molar refractivity (Wildman–Crippen MR) is 62.4 cm³/mol. The molecule has 0 amide bonds. The third kappa shape index (κ3) is 3.14. The van der Waals surface area contributed by atoms with Gasteiger partial charge in [0.05, 0.1) is 10.6 Å². The van der Waals surface area contributed by atoms with Crippen molar-refractivity contribution in [2.45, 2.75) is 0 Å². The molecule has 0 aliphatic carbocycles. The molecule has 1 N–H and O–H groups in total. The standard InChI is InChI=1S/C9H6F2N4O2S/c1-18-9(13-4-12)14-5-2-6(10)8(15(16)17)7(11)3-5/h2-3H,1H3,(H,13,14). The number of nitro benzene ring substituents is 1. The molecular formula is C9H6F2N4O2S. The van der Waals surface area contributed by atoms with Crippen LogP contribution in [0.15, 0.2) is 17.1 Å². The van der Waals surface area contributed by atoms with Crippen molar-refractivity contribution in [2.75, 3.05) is 6.26 Å². The molecule has 0 radical (unpaired) electrons. The van der Waals surface area contributed by atoms with Crippen LogP contribution in [0.25, 0.3) is 0 Å². The Morgan fingerprint density at radius 2 is 2.11 bits per heavy atom. The molecule has 0 saturated carbocycles. The number of amidine groups is 1. The molecule has 0 spiro atoms. The molecule has 18 heavy (non-hydrogen) atoms. The summed E-state index contributed by atoms with van der Waals surface area (Å²) >= 11 is 1.05. The number of benzene rings is 1. The Balaban J connectivity index is 3.22. The highest BCUT2D eigenvalue weighted by atomic mass is 32.2. The van der Waals surface area contributed by atoms with E-state index in [1.54, 1.807) is 12.4 Å². The lowest BCUT2D eigenvalue weighted by Gasteiger charge is -2.01. The number of aliphatic imine (C=N–C) groups is 1. The fourth-order valence-electron chi connectivity index (χ4n) is 1.08. The normalized spacial score (nSPS) is 10.9. The molecule has 1 aromatic rings. The topological polar surface area (TPSA) is 91.3 Å². The highest BCUT2D eigenvalue weighted by molar-refractivity contribution is 8.13. The maximum atomic E-state index is 13.3. The zero-order chi connectivity index (χ0) is 13.7. The summed E-state index contributed by atoms with van der Waals surface area (Å²) in [6.45, 7) is 0. The Morgan fingerprint density at radius 1 is 1.56 bits per heavy atom. The fraction of sp³-hybridized carbons (Fsp3) is 0.111. The Kier molecular flexibility index (Phi) is 4.56. The second-order valence-corrected chi connectivity index (χ2v) is 3.67. The number of rotatable bonds is 2. The van der Waals surface area contributed by atoms with Crippen LogP contribution >= 0.6 is 11.8 Å². The monoisotopic (exact) mass is 272 g/mol. The average Bonchev–Trinajstić information content (AvgIpc) is 2.26. The molecule has 0 heterocycles. The summed E-state index contributed by atoms with van der Waals surface area (Å²) in [4.78, 5) is 12.9. The highest BCUT2D eigenvalue weighted by Crippen LogP contribution is 2.27. The van der Waals surface area contributed by atoms with Crippen molar-refractivity contribution in [3.05, 3.63) is 33.9 Å². The van der Waals surface area contributed by atoms with Crippen molar-refractivity contribution < 1.29 is 13.7 Å². The van der Waals surface area contributed by atoms with Crippen LogP contribution in [0.4, 0.5) is 20.2 Å². The lowest BCUT2D eigenvalue weighted by Crippen LogP contribution is -2.12. The highest BCUT2D eigenvalue weighted by Gasteiger charge is 2.21. The van der Waals surface area contributed by atoms with Crippen LogP contribution in [0.5, 0.6) is 0 Å². The molecule has 0 unspecified atom stereocenters. The van der Waals surface area contributed by atoms with E-state index >= 15 is 0 Å². The molecule has 0 aromatic heterocycles. The van der Waals surface area contributed by atoms with E-state index in [1.807, 2.05) is 0 Å². The first-order valence-corrected chi connectivity index (χ1v) is 5.63. The number of nitrogens with one attached hydrogen (secondary N) is 1. The number of hydrogen-bond donors (Lipinski definition) is 1. The Morgan fingerprint density at radius 3 is 2.50 bits per heavy atom. The van der Waals surface area contributed by atoms with E-state index in [0.717, 1.165) is 23.9 Å². The van der Waals surface area contributed by atoms with E-state index < -0.39 is 22.2 Å². The molecule has 0 saturated heterocycles. The molecule has 0 atom stereocenters. The predicted octanol–water partition coefficient (Wildman–Crippen LogP) is 2.29. The molecule has 94 valence electrons. The summed E-state index contributed by atoms with van der Waals surface area (Å²) in [5, 5.41) is 21.1. The maximum absolute atomic E-state index is 13.3. The molecule has 9 heteroatoms. The molecule has 1 rings (SSSR count). The lowest BCUT2D eigenvalue weighted by molar-refractivity contribution is -0.390. The van der Waals surface area contributed by atoms with E-state index in [1.165, 1.54) is 0 Å². The van der Waals surface area contributed by atoms with Gasteiger partial charge in [-0.25, -0.2) is 4.99 Å². The minimum absolute atomic E-state index is 0.116. The summed E-state index contributed by atoms with van der Waals surface area (Å²) in [5.41, 5.74) is -1.39. The van der Waals surface area contributed by atoms with Crippen LogP contribution in [0.2, 0.25) is 0 Å². The second-order valence-electron chi connectivity index (χ2n) is 2.87. The summed E-state index contributed by atoms with van der Waals surface area (Å²) in [7, 11) is 0. The van der Waals surface area contributed by atoms with Gasteiger partial charge in [0, 0.05) is 12.1 Å². The first-order chi connectivity index (χ1) is 8.49. The number of nitrogens with zero attached hydrogens (tertiary/aromatic N) is 3. The Bertz CT molecular complexity index is 533. The molecule has 1 aromatic carbocycles. The van der Waals surface area contributed by atoms with E-state index in [0.29, 0.717) is 0 Å². The Labute approximate surface area is 104 Å². The SMILES string of the molecule is CSC(=Nc1cc(F)c([N+](=O)[O-])c(F)c1)NC#N. The van der Waals surface area contributed by atoms with Crippen LogP contribution in [0.3, 0.4) is 0 Å². The van der Waals surface area contributed by atoms with Gasteiger partial charge in [-0.1, -0.05) is 11.8 Å². The van der Waals surface area contributed by atoms with E-state index in [-0.39, 0.29) is 10.9 Å². The van der Waals surface area contributed by atoms with Crippen LogP contribution < -0.4 is 5.32 Å². The lowest BCUT2D eigenvalue weighted by atomic mass is 10.2. The minimum Gasteiger partial charge on any atom is -0.271 e. The van der Waals surface area contributed by atoms with Gasteiger partial charge >= 0.3 is 5.69 Å². The summed E-state index contributed by atoms with van der Waals surface area (Å²) in [6.07, 6.45) is 3.20. The van der Waals surface area contributed by atoms with Crippen LogP contribution in [-0.4, -0.2) is 16.3 Å². The number of nitriles is 1. The first-order valence-electron chi connectivity index (χ1n) is 4.40. The second kappa shape index (κ2) is 5.92. The van der Waals surface area contributed by atoms with Gasteiger partial charge in [-0.05, 0) is 6.26 Å². The van der Waals surface area contributed by atoms with Crippen LogP contribution in [0.1, 0.15) is 0 Å². The van der Waals surface area contributed by atoms with Gasteiger partial charge in [-0.2, -0.15) is 14.0 Å². The molecule has 0 aliphatic heterocycles. The average molecular weight is 272 g/mol. The summed E-state index contributed by atoms with van der Waals surface area (Å²) in [5.74, 6) is -2.65. The van der Waals surface area contributed by atoms with Gasteiger partial charge in [0.25, 0.3) is 0 Å². The van der Waals surface area contributed by atoms with Gasteiger partial charge in [-0.3, -0.25) is 15.4 Å². The van der Waals surface area contributed by atoms with Crippen LogP contribution in [-0.2, 0) is 0 Å². The van der Waals surface area contributed by atoms with Crippen LogP contribution in [0, 0.1) is 33.2 Å². The quantitative estimate of drug-likeness (QED) is 0.223.